The Morgan fingerprint density at radius 2 is 2.27 bits per heavy atom. The van der Waals surface area contributed by atoms with Crippen molar-refractivity contribution in [2.45, 2.75) is 50.9 Å². The normalized spacial score (nSPS) is 36.1. The lowest BCUT2D eigenvalue weighted by atomic mass is 10.1. The fraction of sp³-hybridized carbons (Fsp3) is 0.909. The molecule has 3 unspecified atom stereocenters. The van der Waals surface area contributed by atoms with E-state index in [1.165, 1.54) is 0 Å². The smallest absolute Gasteiger partial charge is 0.251 e. The molecule has 0 aromatic rings. The van der Waals surface area contributed by atoms with Crippen molar-refractivity contribution in [1.29, 1.82) is 0 Å². The second kappa shape index (κ2) is 4.49. The summed E-state index contributed by atoms with van der Waals surface area (Å²) >= 11 is 0. The van der Waals surface area contributed by atoms with Gasteiger partial charge in [0.25, 0.3) is 5.91 Å². The minimum absolute atomic E-state index is 0.0943. The molecule has 2 N–H and O–H groups in total. The maximum Gasteiger partial charge on any atom is 0.251 e. The molecule has 15 heavy (non-hydrogen) atoms. The predicted octanol–water partition coefficient (Wildman–Crippen LogP) is 0.504. The summed E-state index contributed by atoms with van der Waals surface area (Å²) in [6.07, 6.45) is 3.88. The average molecular weight is 212 g/mol. The molecule has 3 atom stereocenters. The standard InChI is InChI=1S/C11H20N2O2/c1-8-3-2-6-13(8)11(14)10-5-4-9(7-12)15-10/h8-10H,2-7,12H2,1H3. The zero-order valence-corrected chi connectivity index (χ0v) is 9.32. The SMILES string of the molecule is CC1CCCN1C(=O)C1CCC(CN)O1. The predicted molar refractivity (Wildman–Crippen MR) is 57.4 cm³/mol. The molecular formula is C11H20N2O2. The molecule has 0 spiro atoms. The lowest BCUT2D eigenvalue weighted by Gasteiger charge is -2.24. The third-order valence-corrected chi connectivity index (χ3v) is 3.48. The van der Waals surface area contributed by atoms with Gasteiger partial charge >= 0.3 is 0 Å². The summed E-state index contributed by atoms with van der Waals surface area (Å²) in [5, 5.41) is 0. The van der Waals surface area contributed by atoms with Gasteiger partial charge in [-0.2, -0.15) is 0 Å². The van der Waals surface area contributed by atoms with Gasteiger partial charge in [-0.15, -0.1) is 0 Å². The number of carbonyl (C=O) groups is 1. The van der Waals surface area contributed by atoms with Gasteiger partial charge in [0.1, 0.15) is 6.10 Å². The zero-order valence-electron chi connectivity index (χ0n) is 9.32. The molecule has 2 fully saturated rings. The van der Waals surface area contributed by atoms with E-state index < -0.39 is 0 Å². The van der Waals surface area contributed by atoms with Crippen LogP contribution in [0.2, 0.25) is 0 Å². The van der Waals surface area contributed by atoms with Gasteiger partial charge in [-0.25, -0.2) is 0 Å². The Bertz CT molecular complexity index is 245. The van der Waals surface area contributed by atoms with E-state index in [2.05, 4.69) is 6.92 Å². The summed E-state index contributed by atoms with van der Waals surface area (Å²) in [7, 11) is 0. The van der Waals surface area contributed by atoms with Gasteiger partial charge in [-0.3, -0.25) is 4.79 Å². The van der Waals surface area contributed by atoms with Crippen molar-refractivity contribution in [3.05, 3.63) is 0 Å². The van der Waals surface area contributed by atoms with Gasteiger partial charge in [-0.05, 0) is 32.6 Å². The number of rotatable bonds is 2. The summed E-state index contributed by atoms with van der Waals surface area (Å²) in [6, 6.07) is 0.387. The number of amides is 1. The second-order valence-electron chi connectivity index (χ2n) is 4.58. The maximum atomic E-state index is 12.1. The van der Waals surface area contributed by atoms with E-state index in [9.17, 15) is 4.79 Å². The molecule has 4 nitrogen and oxygen atoms in total. The molecule has 2 heterocycles. The van der Waals surface area contributed by atoms with Crippen LogP contribution in [0.4, 0.5) is 0 Å². The Labute approximate surface area is 90.8 Å². The highest BCUT2D eigenvalue weighted by Gasteiger charge is 2.35. The van der Waals surface area contributed by atoms with E-state index >= 15 is 0 Å². The molecule has 2 aliphatic heterocycles. The van der Waals surface area contributed by atoms with Crippen molar-refractivity contribution in [3.63, 3.8) is 0 Å². The number of ether oxygens (including phenoxy) is 1. The Morgan fingerprint density at radius 3 is 2.80 bits per heavy atom. The number of nitrogens with two attached hydrogens (primary N) is 1. The van der Waals surface area contributed by atoms with Gasteiger partial charge in [0, 0.05) is 19.1 Å². The molecule has 0 saturated carbocycles. The molecule has 0 aromatic heterocycles. The largest absolute Gasteiger partial charge is 0.364 e. The summed E-state index contributed by atoms with van der Waals surface area (Å²) in [4.78, 5) is 14.0. The number of hydrogen-bond acceptors (Lipinski definition) is 3. The average Bonchev–Trinajstić information content (AvgIpc) is 2.84. The van der Waals surface area contributed by atoms with Crippen LogP contribution in [0.1, 0.15) is 32.6 Å². The Morgan fingerprint density at radius 1 is 1.47 bits per heavy atom. The van der Waals surface area contributed by atoms with Crippen LogP contribution in [0.3, 0.4) is 0 Å². The molecule has 4 heteroatoms. The fourth-order valence-electron chi connectivity index (χ4n) is 2.51. The van der Waals surface area contributed by atoms with Crippen molar-refractivity contribution in [2.75, 3.05) is 13.1 Å². The van der Waals surface area contributed by atoms with Crippen molar-refractivity contribution >= 4 is 5.91 Å². The van der Waals surface area contributed by atoms with Crippen LogP contribution >= 0.6 is 0 Å². The van der Waals surface area contributed by atoms with Crippen LogP contribution in [0, 0.1) is 0 Å². The zero-order chi connectivity index (χ0) is 10.8. The number of hydrogen-bond donors (Lipinski definition) is 1. The van der Waals surface area contributed by atoms with E-state index in [0.717, 1.165) is 32.2 Å². The van der Waals surface area contributed by atoms with E-state index in [4.69, 9.17) is 10.5 Å². The first-order valence-electron chi connectivity index (χ1n) is 5.88. The second-order valence-corrected chi connectivity index (χ2v) is 4.58. The minimum atomic E-state index is -0.223. The molecule has 0 aromatic carbocycles. The number of likely N-dealkylation sites (tertiary alicyclic amines) is 1. The number of nitrogens with zero attached hydrogens (tertiary/aromatic N) is 1. The van der Waals surface area contributed by atoms with Crippen LogP contribution in [-0.2, 0) is 9.53 Å². The van der Waals surface area contributed by atoms with Crippen LogP contribution in [0.25, 0.3) is 0 Å². The highest BCUT2D eigenvalue weighted by molar-refractivity contribution is 5.81. The van der Waals surface area contributed by atoms with Crippen molar-refractivity contribution in [1.82, 2.24) is 4.90 Å². The fourth-order valence-corrected chi connectivity index (χ4v) is 2.51. The van der Waals surface area contributed by atoms with Gasteiger partial charge in [0.2, 0.25) is 0 Å². The molecule has 2 saturated heterocycles. The van der Waals surface area contributed by atoms with Crippen LogP contribution in [0.5, 0.6) is 0 Å². The van der Waals surface area contributed by atoms with E-state index in [1.54, 1.807) is 0 Å². The van der Waals surface area contributed by atoms with Crippen molar-refractivity contribution < 1.29 is 9.53 Å². The van der Waals surface area contributed by atoms with Crippen LogP contribution in [-0.4, -0.2) is 42.1 Å². The van der Waals surface area contributed by atoms with Crippen LogP contribution in [0.15, 0.2) is 0 Å². The molecular weight excluding hydrogens is 192 g/mol. The third-order valence-electron chi connectivity index (χ3n) is 3.48. The van der Waals surface area contributed by atoms with E-state index in [1.807, 2.05) is 4.90 Å². The van der Waals surface area contributed by atoms with E-state index in [0.29, 0.717) is 12.6 Å². The molecule has 0 aliphatic carbocycles. The summed E-state index contributed by atoms with van der Waals surface area (Å²) in [5.41, 5.74) is 5.53. The molecule has 86 valence electrons. The first-order chi connectivity index (χ1) is 7.22. The Kier molecular flexibility index (Phi) is 3.26. The highest BCUT2D eigenvalue weighted by atomic mass is 16.5. The van der Waals surface area contributed by atoms with Gasteiger partial charge in [-0.1, -0.05) is 0 Å². The lowest BCUT2D eigenvalue weighted by Crippen LogP contribution is -2.41. The summed E-state index contributed by atoms with van der Waals surface area (Å²) < 4.78 is 5.62. The third kappa shape index (κ3) is 2.16. The topological polar surface area (TPSA) is 55.6 Å². The van der Waals surface area contributed by atoms with Crippen molar-refractivity contribution in [2.24, 2.45) is 5.73 Å². The first-order valence-corrected chi connectivity index (χ1v) is 5.88. The lowest BCUT2D eigenvalue weighted by molar-refractivity contribution is -0.143. The Hall–Kier alpha value is -0.610. The highest BCUT2D eigenvalue weighted by Crippen LogP contribution is 2.24. The molecule has 1 amide bonds. The summed E-state index contributed by atoms with van der Waals surface area (Å²) in [6.45, 7) is 3.53. The van der Waals surface area contributed by atoms with Crippen LogP contribution < -0.4 is 5.73 Å². The van der Waals surface area contributed by atoms with Gasteiger partial charge in [0.05, 0.1) is 6.10 Å². The number of carbonyl (C=O) groups excluding carboxylic acids is 1. The van der Waals surface area contributed by atoms with E-state index in [-0.39, 0.29) is 18.1 Å². The monoisotopic (exact) mass is 212 g/mol. The van der Waals surface area contributed by atoms with Gasteiger partial charge < -0.3 is 15.4 Å². The quantitative estimate of drug-likeness (QED) is 0.725. The minimum Gasteiger partial charge on any atom is -0.364 e. The molecule has 2 rings (SSSR count). The van der Waals surface area contributed by atoms with Gasteiger partial charge in [0.15, 0.2) is 0 Å². The van der Waals surface area contributed by atoms with Crippen molar-refractivity contribution in [3.8, 4) is 0 Å². The molecule has 2 aliphatic rings. The first kappa shape index (κ1) is 10.9. The molecule has 0 bridgehead atoms. The molecule has 0 radical (unpaired) electrons. The maximum absolute atomic E-state index is 12.1. The Balaban J connectivity index is 1.91. The summed E-state index contributed by atoms with van der Waals surface area (Å²) in [5.74, 6) is 0.177.